The summed E-state index contributed by atoms with van der Waals surface area (Å²) >= 11 is 0. The highest BCUT2D eigenvalue weighted by Gasteiger charge is 2.42. The lowest BCUT2D eigenvalue weighted by Gasteiger charge is -2.29. The summed E-state index contributed by atoms with van der Waals surface area (Å²) in [4.78, 5) is 30.3. The molecule has 224 valence electrons. The molecule has 3 atom stereocenters. The fourth-order valence-corrected chi connectivity index (χ4v) is 8.43. The Labute approximate surface area is 245 Å². The minimum absolute atomic E-state index is 0.0104. The van der Waals surface area contributed by atoms with Crippen LogP contribution in [0.4, 0.5) is 0 Å². The zero-order valence-corrected chi connectivity index (χ0v) is 24.8. The van der Waals surface area contributed by atoms with E-state index < -0.39 is 35.4 Å². The largest absolute Gasteiger partial charge is 0.489 e. The molecule has 2 bridgehead atoms. The van der Waals surface area contributed by atoms with Gasteiger partial charge in [-0.15, -0.1) is 0 Å². The van der Waals surface area contributed by atoms with Crippen molar-refractivity contribution < 1.29 is 34.0 Å². The number of aliphatic hydroxyl groups excluding tert-OH is 2. The molecule has 7 N–H and O–H groups in total. The predicted octanol–water partition coefficient (Wildman–Crippen LogP) is 2.25. The number of aliphatic imine (C=N–C) groups is 1. The Morgan fingerprint density at radius 1 is 1.24 bits per heavy atom. The first-order valence-electron chi connectivity index (χ1n) is 13.8. The fourth-order valence-electron chi connectivity index (χ4n) is 5.88. The molecular formula is C28H37N3O8S2. The molecule has 1 saturated carbocycles. The van der Waals surface area contributed by atoms with Crippen LogP contribution < -0.4 is 26.4 Å². The zero-order valence-electron chi connectivity index (χ0n) is 23.2. The van der Waals surface area contributed by atoms with Crippen molar-refractivity contribution in [2.24, 2.45) is 16.5 Å². The van der Waals surface area contributed by atoms with Gasteiger partial charge in [0.1, 0.15) is 52.3 Å². The van der Waals surface area contributed by atoms with Crippen molar-refractivity contribution in [2.45, 2.75) is 94.0 Å². The summed E-state index contributed by atoms with van der Waals surface area (Å²) in [6.07, 6.45) is 2.10. The van der Waals surface area contributed by atoms with Crippen LogP contribution in [0.3, 0.4) is 0 Å². The van der Waals surface area contributed by atoms with Crippen molar-refractivity contribution >= 4 is 44.8 Å². The number of benzene rings is 1. The number of nitrogens with zero attached hydrogens (tertiary/aromatic N) is 1. The SMILES string of the molecule is CC(C)(O)C1Cc2c(c3c4oc(c(CC=O)c(=O)c4c2OC2CCCC2)C(O)CC(CO)(N=C(N)N)CSSC3)O1. The smallest absolute Gasteiger partial charge is 0.200 e. The van der Waals surface area contributed by atoms with Gasteiger partial charge >= 0.3 is 0 Å². The highest BCUT2D eigenvalue weighted by molar-refractivity contribution is 8.76. The van der Waals surface area contributed by atoms with Crippen LogP contribution in [0.2, 0.25) is 0 Å². The topological polar surface area (TPSA) is 191 Å². The maximum absolute atomic E-state index is 14.3. The van der Waals surface area contributed by atoms with Crippen LogP contribution in [0.25, 0.3) is 11.0 Å². The summed E-state index contributed by atoms with van der Waals surface area (Å²) < 4.78 is 19.3. The standard InChI is InChI=1S/C28H37N3O8S2/c1-27(2,36)19-9-16-22(38-19)17-11-40-41-13-28(12-33,31-26(29)30)10-18(34)23-15(7-8-32)21(35)20(25(17)39-23)24(16)37-14-5-3-4-6-14/h8,14,18-19,33-34,36H,3-7,9-13H2,1-2H3,(H4,29,30,31). The molecule has 41 heavy (non-hydrogen) atoms. The second-order valence-electron chi connectivity index (χ2n) is 11.6. The van der Waals surface area contributed by atoms with Gasteiger partial charge in [-0.2, -0.15) is 0 Å². The average Bonchev–Trinajstić information content (AvgIpc) is 3.58. The molecular weight excluding hydrogens is 570 g/mol. The van der Waals surface area contributed by atoms with Crippen molar-refractivity contribution in [1.82, 2.24) is 0 Å². The highest BCUT2D eigenvalue weighted by Crippen LogP contribution is 2.50. The van der Waals surface area contributed by atoms with Gasteiger partial charge in [0.2, 0.25) is 0 Å². The minimum Gasteiger partial charge on any atom is -0.489 e. The fraction of sp³-hybridized carbons (Fsp3) is 0.607. The Bertz CT molecular complexity index is 1410. The van der Waals surface area contributed by atoms with E-state index >= 15 is 0 Å². The molecule has 2 aliphatic heterocycles. The maximum atomic E-state index is 14.3. The van der Waals surface area contributed by atoms with Gasteiger partial charge in [-0.3, -0.25) is 4.79 Å². The first kappa shape index (κ1) is 30.0. The Balaban J connectivity index is 1.79. The second-order valence-corrected chi connectivity index (χ2v) is 14.1. The van der Waals surface area contributed by atoms with E-state index in [2.05, 4.69) is 4.99 Å². The van der Waals surface area contributed by atoms with Gasteiger partial charge in [-0.1, -0.05) is 21.6 Å². The molecule has 1 aromatic heterocycles. The Kier molecular flexibility index (Phi) is 8.55. The lowest BCUT2D eigenvalue weighted by molar-refractivity contribution is -0.107. The number of guanidine groups is 1. The van der Waals surface area contributed by atoms with Crippen LogP contribution in [-0.4, -0.2) is 63.3 Å². The Hall–Kier alpha value is -2.45. The first-order chi connectivity index (χ1) is 19.5. The summed E-state index contributed by atoms with van der Waals surface area (Å²) in [5.74, 6) is 1.10. The molecule has 3 heterocycles. The van der Waals surface area contributed by atoms with E-state index in [1.54, 1.807) is 13.8 Å². The van der Waals surface area contributed by atoms with Crippen molar-refractivity contribution in [3.8, 4) is 11.5 Å². The monoisotopic (exact) mass is 607 g/mol. The molecule has 13 heteroatoms. The molecule has 1 fully saturated rings. The molecule has 3 unspecified atom stereocenters. The van der Waals surface area contributed by atoms with E-state index in [9.17, 15) is 24.9 Å². The second kappa shape index (κ2) is 11.7. The number of ether oxygens (including phenoxy) is 2. The number of fused-ring (bicyclic) bond motifs is 3. The number of rotatable bonds is 7. The molecule has 1 aliphatic carbocycles. The van der Waals surface area contributed by atoms with Gasteiger partial charge in [0.15, 0.2) is 11.4 Å². The van der Waals surface area contributed by atoms with E-state index in [0.29, 0.717) is 41.1 Å². The van der Waals surface area contributed by atoms with Gasteiger partial charge in [-0.05, 0) is 39.5 Å². The molecule has 3 aliphatic rings. The van der Waals surface area contributed by atoms with Crippen LogP contribution >= 0.6 is 21.6 Å². The van der Waals surface area contributed by atoms with E-state index in [-0.39, 0.29) is 53.0 Å². The predicted molar refractivity (Wildman–Crippen MR) is 159 cm³/mol. The molecule has 5 rings (SSSR count). The average molecular weight is 608 g/mol. The molecule has 0 amide bonds. The third-order valence-electron chi connectivity index (χ3n) is 8.02. The molecule has 0 radical (unpaired) electrons. The van der Waals surface area contributed by atoms with E-state index in [4.69, 9.17) is 25.4 Å². The van der Waals surface area contributed by atoms with Gasteiger partial charge in [-0.25, -0.2) is 4.99 Å². The maximum Gasteiger partial charge on any atom is 0.200 e. The lowest BCUT2D eigenvalue weighted by atomic mass is 9.91. The number of hydrogen-bond donors (Lipinski definition) is 5. The first-order valence-corrected chi connectivity index (χ1v) is 16.3. The number of carbonyl (C=O) groups excluding carboxylic acids is 1. The zero-order chi connectivity index (χ0) is 29.5. The lowest BCUT2D eigenvalue weighted by Crippen LogP contribution is -2.40. The van der Waals surface area contributed by atoms with Crippen molar-refractivity contribution in [2.75, 3.05) is 12.4 Å². The molecule has 11 nitrogen and oxygen atoms in total. The molecule has 2 aromatic rings. The molecule has 0 spiro atoms. The summed E-state index contributed by atoms with van der Waals surface area (Å²) in [6, 6.07) is 0. The number of aldehydes is 1. The third-order valence-corrected chi connectivity index (χ3v) is 10.5. The number of nitrogens with two attached hydrogens (primary N) is 2. The van der Waals surface area contributed by atoms with Crippen LogP contribution in [0.1, 0.15) is 74.5 Å². The third kappa shape index (κ3) is 5.79. The van der Waals surface area contributed by atoms with Crippen LogP contribution in [-0.2, 0) is 23.4 Å². The van der Waals surface area contributed by atoms with Crippen LogP contribution in [0.15, 0.2) is 14.2 Å². The van der Waals surface area contributed by atoms with Gasteiger partial charge in [0.05, 0.1) is 18.3 Å². The van der Waals surface area contributed by atoms with Crippen molar-refractivity contribution in [1.29, 1.82) is 0 Å². The van der Waals surface area contributed by atoms with Gasteiger partial charge in [0, 0.05) is 47.5 Å². The quantitative estimate of drug-likeness (QED) is 0.134. The summed E-state index contributed by atoms with van der Waals surface area (Å²) in [5.41, 5.74) is 9.96. The number of hydrogen-bond acceptors (Lipinski definition) is 11. The Morgan fingerprint density at radius 3 is 2.61 bits per heavy atom. The minimum atomic E-state index is -1.41. The van der Waals surface area contributed by atoms with E-state index in [0.717, 1.165) is 25.7 Å². The highest BCUT2D eigenvalue weighted by atomic mass is 33.1. The molecule has 0 saturated heterocycles. The van der Waals surface area contributed by atoms with E-state index in [1.165, 1.54) is 21.6 Å². The van der Waals surface area contributed by atoms with Crippen molar-refractivity contribution in [3.05, 3.63) is 32.7 Å². The van der Waals surface area contributed by atoms with Crippen LogP contribution in [0.5, 0.6) is 11.5 Å². The Morgan fingerprint density at radius 2 is 1.98 bits per heavy atom. The van der Waals surface area contributed by atoms with Gasteiger partial charge in [0.25, 0.3) is 0 Å². The van der Waals surface area contributed by atoms with Gasteiger partial charge < -0.3 is 45.5 Å². The summed E-state index contributed by atoms with van der Waals surface area (Å²) in [6.45, 7) is 2.88. The summed E-state index contributed by atoms with van der Waals surface area (Å²) in [7, 11) is 2.84. The summed E-state index contributed by atoms with van der Waals surface area (Å²) in [5, 5.41) is 32.9. The number of carbonyl (C=O) groups is 1. The van der Waals surface area contributed by atoms with E-state index in [1.807, 2.05) is 0 Å². The number of aliphatic hydroxyl groups is 3. The normalized spacial score (nSPS) is 25.0. The molecule has 1 aromatic carbocycles. The van der Waals surface area contributed by atoms with Crippen LogP contribution in [0, 0.1) is 0 Å². The van der Waals surface area contributed by atoms with Crippen molar-refractivity contribution in [3.63, 3.8) is 0 Å².